The van der Waals surface area contributed by atoms with E-state index in [0.29, 0.717) is 13.0 Å². The molecule has 0 radical (unpaired) electrons. The summed E-state index contributed by atoms with van der Waals surface area (Å²) in [7, 11) is -2.86. The van der Waals surface area contributed by atoms with Crippen molar-refractivity contribution in [1.82, 2.24) is 15.5 Å². The second-order valence-corrected chi connectivity index (χ2v) is 8.89. The first kappa shape index (κ1) is 15.1. The molecule has 2 amide bonds. The summed E-state index contributed by atoms with van der Waals surface area (Å²) in [5, 5.41) is 5.85. The zero-order chi connectivity index (χ0) is 14.9. The van der Waals surface area contributed by atoms with E-state index in [1.165, 1.54) is 12.8 Å². The summed E-state index contributed by atoms with van der Waals surface area (Å²) in [4.78, 5) is 14.4. The van der Waals surface area contributed by atoms with E-state index in [-0.39, 0.29) is 29.5 Å². The van der Waals surface area contributed by atoms with Crippen molar-refractivity contribution >= 4 is 15.9 Å². The second-order valence-electron chi connectivity index (χ2n) is 6.66. The molecule has 7 heteroatoms. The molecule has 6 nitrogen and oxygen atoms in total. The number of likely N-dealkylation sites (tertiary alicyclic amines) is 1. The molecule has 3 rings (SSSR count). The van der Waals surface area contributed by atoms with Gasteiger partial charge in [0.25, 0.3) is 0 Å². The summed E-state index contributed by atoms with van der Waals surface area (Å²) in [6.07, 6.45) is 5.37. The first-order valence-electron chi connectivity index (χ1n) is 8.01. The predicted molar refractivity (Wildman–Crippen MR) is 80.9 cm³/mol. The minimum Gasteiger partial charge on any atom is -0.338 e. The lowest BCUT2D eigenvalue weighted by atomic mass is 10.1. The molecule has 2 heterocycles. The average Bonchev–Trinajstić information content (AvgIpc) is 3.22. The van der Waals surface area contributed by atoms with Gasteiger partial charge in [-0.3, -0.25) is 0 Å². The Morgan fingerprint density at radius 1 is 1.10 bits per heavy atom. The molecule has 1 unspecified atom stereocenters. The molecule has 0 spiro atoms. The largest absolute Gasteiger partial charge is 0.338 e. The molecule has 2 N–H and O–H groups in total. The van der Waals surface area contributed by atoms with E-state index in [1.807, 2.05) is 0 Å². The van der Waals surface area contributed by atoms with Crippen molar-refractivity contribution < 1.29 is 13.2 Å². The van der Waals surface area contributed by atoms with Crippen LogP contribution < -0.4 is 10.6 Å². The lowest BCUT2D eigenvalue weighted by molar-refractivity contribution is 0.185. The molecule has 3 fully saturated rings. The fourth-order valence-electron chi connectivity index (χ4n) is 3.36. The maximum Gasteiger partial charge on any atom is 0.315 e. The van der Waals surface area contributed by atoms with Gasteiger partial charge >= 0.3 is 6.03 Å². The van der Waals surface area contributed by atoms with Crippen LogP contribution in [0.2, 0.25) is 0 Å². The second kappa shape index (κ2) is 6.12. The fraction of sp³-hybridized carbons (Fsp3) is 0.929. The third-order valence-corrected chi connectivity index (χ3v) is 6.64. The predicted octanol–water partition coefficient (Wildman–Crippen LogP) is 0.347. The molecular weight excluding hydrogens is 290 g/mol. The molecule has 3 aliphatic rings. The maximum atomic E-state index is 11.9. The van der Waals surface area contributed by atoms with Crippen molar-refractivity contribution in [1.29, 1.82) is 0 Å². The number of hydrogen-bond acceptors (Lipinski definition) is 4. The Morgan fingerprint density at radius 3 is 2.38 bits per heavy atom. The lowest BCUT2D eigenvalue weighted by Crippen LogP contribution is -2.49. The van der Waals surface area contributed by atoms with Gasteiger partial charge in [-0.05, 0) is 38.0 Å². The van der Waals surface area contributed by atoms with Gasteiger partial charge in [0.15, 0.2) is 9.84 Å². The topological polar surface area (TPSA) is 78.5 Å². The normalized spacial score (nSPS) is 30.2. The number of sulfone groups is 1. The maximum absolute atomic E-state index is 11.9. The zero-order valence-electron chi connectivity index (χ0n) is 12.4. The van der Waals surface area contributed by atoms with Crippen LogP contribution >= 0.6 is 0 Å². The Bertz CT molecular complexity index is 482. The number of rotatable bonds is 4. The quantitative estimate of drug-likeness (QED) is 0.784. The monoisotopic (exact) mass is 315 g/mol. The van der Waals surface area contributed by atoms with Crippen molar-refractivity contribution in [2.75, 3.05) is 31.1 Å². The van der Waals surface area contributed by atoms with Crippen LogP contribution in [0.15, 0.2) is 0 Å². The first-order valence-corrected chi connectivity index (χ1v) is 9.83. The van der Waals surface area contributed by atoms with Crippen LogP contribution in [0, 0.1) is 5.92 Å². The molecule has 1 saturated carbocycles. The van der Waals surface area contributed by atoms with E-state index < -0.39 is 9.84 Å². The summed E-state index contributed by atoms with van der Waals surface area (Å²) < 4.78 is 22.7. The summed E-state index contributed by atoms with van der Waals surface area (Å²) in [6.45, 7) is 2.62. The number of nitrogens with zero attached hydrogens (tertiary/aromatic N) is 1. The molecule has 1 atom stereocenters. The number of urea groups is 1. The molecule has 21 heavy (non-hydrogen) atoms. The van der Waals surface area contributed by atoms with Crippen LogP contribution in [-0.4, -0.2) is 62.6 Å². The Labute approximate surface area is 126 Å². The molecule has 0 bridgehead atoms. The van der Waals surface area contributed by atoms with Gasteiger partial charge in [-0.15, -0.1) is 0 Å². The van der Waals surface area contributed by atoms with Gasteiger partial charge in [0.2, 0.25) is 0 Å². The van der Waals surface area contributed by atoms with Crippen LogP contribution in [0.3, 0.4) is 0 Å². The third kappa shape index (κ3) is 4.32. The van der Waals surface area contributed by atoms with Crippen molar-refractivity contribution in [3.63, 3.8) is 0 Å². The van der Waals surface area contributed by atoms with Crippen LogP contribution in [0.4, 0.5) is 4.79 Å². The minimum atomic E-state index is -2.86. The zero-order valence-corrected chi connectivity index (χ0v) is 13.2. The van der Waals surface area contributed by atoms with Gasteiger partial charge in [-0.2, -0.15) is 0 Å². The van der Waals surface area contributed by atoms with E-state index in [4.69, 9.17) is 0 Å². The Morgan fingerprint density at radius 2 is 1.81 bits per heavy atom. The van der Waals surface area contributed by atoms with Gasteiger partial charge in [-0.1, -0.05) is 0 Å². The van der Waals surface area contributed by atoms with Gasteiger partial charge in [0.05, 0.1) is 11.5 Å². The number of piperidine rings is 1. The highest BCUT2D eigenvalue weighted by atomic mass is 32.2. The van der Waals surface area contributed by atoms with E-state index in [9.17, 15) is 13.2 Å². The van der Waals surface area contributed by atoms with Crippen molar-refractivity contribution in [2.45, 2.75) is 44.2 Å². The van der Waals surface area contributed by atoms with Crippen LogP contribution in [0.1, 0.15) is 32.1 Å². The molecule has 120 valence electrons. The van der Waals surface area contributed by atoms with Crippen LogP contribution in [-0.2, 0) is 9.84 Å². The van der Waals surface area contributed by atoms with Gasteiger partial charge < -0.3 is 15.5 Å². The van der Waals surface area contributed by atoms with E-state index in [2.05, 4.69) is 15.5 Å². The van der Waals surface area contributed by atoms with Crippen molar-refractivity contribution in [2.24, 2.45) is 5.92 Å². The number of carbonyl (C=O) groups excluding carboxylic acids is 1. The fourth-order valence-corrected chi connectivity index (χ4v) is 5.22. The summed E-state index contributed by atoms with van der Waals surface area (Å²) in [5.74, 6) is 0.561. The molecule has 2 saturated heterocycles. The third-order valence-electron chi connectivity index (χ3n) is 4.81. The summed E-state index contributed by atoms with van der Waals surface area (Å²) in [6, 6.07) is 0.917. The SMILES string of the molecule is O=C(NCC1CCS(=O)(=O)C1)NC1CCN(C2CC2)CC1. The highest BCUT2D eigenvalue weighted by molar-refractivity contribution is 7.91. The molecular formula is C14H25N3O3S. The Balaban J connectivity index is 1.33. The first-order chi connectivity index (χ1) is 10.0. The molecule has 0 aromatic rings. The lowest BCUT2D eigenvalue weighted by Gasteiger charge is -2.32. The number of hydrogen-bond donors (Lipinski definition) is 2. The van der Waals surface area contributed by atoms with Gasteiger partial charge in [0, 0.05) is 31.7 Å². The van der Waals surface area contributed by atoms with Gasteiger partial charge in [0.1, 0.15) is 0 Å². The minimum absolute atomic E-state index is 0.0810. The Kier molecular flexibility index (Phi) is 4.40. The van der Waals surface area contributed by atoms with Crippen LogP contribution in [0.25, 0.3) is 0 Å². The molecule has 0 aromatic carbocycles. The van der Waals surface area contributed by atoms with E-state index >= 15 is 0 Å². The number of nitrogens with one attached hydrogen (secondary N) is 2. The number of amides is 2. The van der Waals surface area contributed by atoms with Crippen LogP contribution in [0.5, 0.6) is 0 Å². The highest BCUT2D eigenvalue weighted by Gasteiger charge is 2.32. The summed E-state index contributed by atoms with van der Waals surface area (Å²) >= 11 is 0. The number of carbonyl (C=O) groups is 1. The average molecular weight is 315 g/mol. The van der Waals surface area contributed by atoms with Crippen molar-refractivity contribution in [3.05, 3.63) is 0 Å². The van der Waals surface area contributed by atoms with E-state index in [1.54, 1.807) is 0 Å². The molecule has 0 aromatic heterocycles. The van der Waals surface area contributed by atoms with Crippen molar-refractivity contribution in [3.8, 4) is 0 Å². The molecule has 2 aliphatic heterocycles. The van der Waals surface area contributed by atoms with Gasteiger partial charge in [-0.25, -0.2) is 13.2 Å². The smallest absolute Gasteiger partial charge is 0.315 e. The standard InChI is InChI=1S/C14H25N3O3S/c18-14(15-9-11-5-8-21(19,20)10-11)16-12-3-6-17(7-4-12)13-1-2-13/h11-13H,1-10H2,(H2,15,16,18). The molecule has 1 aliphatic carbocycles. The Hall–Kier alpha value is -0.820. The summed E-state index contributed by atoms with van der Waals surface area (Å²) in [5.41, 5.74) is 0. The van der Waals surface area contributed by atoms with E-state index in [0.717, 1.165) is 32.0 Å². The highest BCUT2D eigenvalue weighted by Crippen LogP contribution is 2.29.